The van der Waals surface area contributed by atoms with Crippen molar-refractivity contribution < 1.29 is 15.1 Å². The molecule has 0 amide bonds. The number of rotatable bonds is 5. The fourth-order valence-corrected chi connectivity index (χ4v) is 6.54. The lowest BCUT2D eigenvalue weighted by atomic mass is 9.86. The molecule has 1 fully saturated rings. The van der Waals surface area contributed by atoms with E-state index in [-0.39, 0.29) is 28.3 Å². The lowest BCUT2D eigenvalue weighted by Crippen LogP contribution is -2.49. The van der Waals surface area contributed by atoms with Gasteiger partial charge >= 0.3 is 0 Å². The number of hydrogen-bond donors (Lipinski definition) is 3. The molecule has 4 rings (SSSR count). The molecule has 0 radical (unpaired) electrons. The van der Waals surface area contributed by atoms with Gasteiger partial charge in [0.05, 0.1) is 0 Å². The zero-order valence-corrected chi connectivity index (χ0v) is 22.1. The fraction of sp³-hybridized carbons (Fsp3) is 0.778. The molecule has 0 aliphatic carbocycles. The Labute approximate surface area is 200 Å². The van der Waals surface area contributed by atoms with Gasteiger partial charge in [-0.25, -0.2) is 0 Å². The second-order valence-electron chi connectivity index (χ2n) is 12.8. The first-order chi connectivity index (χ1) is 15.1. The highest BCUT2D eigenvalue weighted by atomic mass is 16.5. The van der Waals surface area contributed by atoms with Gasteiger partial charge in [-0.1, -0.05) is 0 Å². The summed E-state index contributed by atoms with van der Waals surface area (Å²) in [5.41, 5.74) is 3.35. The summed E-state index contributed by atoms with van der Waals surface area (Å²) in [5.74, 6) is 1.24. The van der Waals surface area contributed by atoms with E-state index >= 15 is 0 Å². The summed E-state index contributed by atoms with van der Waals surface area (Å²) in [6, 6.07) is 4.56. The van der Waals surface area contributed by atoms with Gasteiger partial charge in [-0.2, -0.15) is 5.06 Å². The van der Waals surface area contributed by atoms with Crippen LogP contribution in [0.15, 0.2) is 12.1 Å². The number of hydroxylamine groups is 2. The van der Waals surface area contributed by atoms with E-state index < -0.39 is 6.10 Å². The SMILES string of the molecule is CN1C(C)(C)c2cc3c(cc2C1(C)C)OC(C(O)CNCC1CC(C)(C)N(O)C1(C)C)CC3. The highest BCUT2D eigenvalue weighted by Crippen LogP contribution is 2.50. The molecule has 3 heterocycles. The molecule has 33 heavy (non-hydrogen) atoms. The average molecular weight is 460 g/mol. The minimum atomic E-state index is -0.568. The highest BCUT2D eigenvalue weighted by Gasteiger charge is 2.51. The van der Waals surface area contributed by atoms with Gasteiger partial charge in [0.2, 0.25) is 0 Å². The topological polar surface area (TPSA) is 68.2 Å². The third kappa shape index (κ3) is 3.92. The van der Waals surface area contributed by atoms with Crippen molar-refractivity contribution in [3.8, 4) is 5.75 Å². The van der Waals surface area contributed by atoms with Crippen LogP contribution in [0.1, 0.15) is 84.9 Å². The van der Waals surface area contributed by atoms with Crippen LogP contribution in [0.2, 0.25) is 0 Å². The van der Waals surface area contributed by atoms with E-state index in [0.717, 1.165) is 31.6 Å². The van der Waals surface area contributed by atoms with Gasteiger partial charge in [-0.05, 0) is 123 Å². The molecular formula is C27H45N3O3. The lowest BCUT2D eigenvalue weighted by Gasteiger charge is -2.37. The Morgan fingerprint density at radius 2 is 1.67 bits per heavy atom. The van der Waals surface area contributed by atoms with E-state index in [1.54, 1.807) is 0 Å². The fourth-order valence-electron chi connectivity index (χ4n) is 6.54. The van der Waals surface area contributed by atoms with Gasteiger partial charge in [0.1, 0.15) is 18.0 Å². The Balaban J connectivity index is 1.40. The van der Waals surface area contributed by atoms with Gasteiger partial charge < -0.3 is 20.4 Å². The standard InChI is InChI=1S/C27H45N3O3/c1-24(2)14-18(25(3,4)30(24)32)15-28-16-21(31)22-11-10-17-12-19-20(13-23(17)33-22)27(7,8)29(9)26(19,5)6/h12-13,18,21-22,28,31-32H,10-11,14-16H2,1-9H3. The van der Waals surface area contributed by atoms with Crippen LogP contribution in [0.4, 0.5) is 0 Å². The second-order valence-corrected chi connectivity index (χ2v) is 12.8. The molecule has 3 unspecified atom stereocenters. The molecule has 1 aromatic rings. The Hall–Kier alpha value is -1.18. The van der Waals surface area contributed by atoms with Crippen LogP contribution in [-0.2, 0) is 17.5 Å². The van der Waals surface area contributed by atoms with Crippen molar-refractivity contribution in [1.29, 1.82) is 0 Å². The van der Waals surface area contributed by atoms with E-state index in [1.807, 2.05) is 0 Å². The summed E-state index contributed by atoms with van der Waals surface area (Å²) in [4.78, 5) is 2.44. The maximum absolute atomic E-state index is 10.9. The van der Waals surface area contributed by atoms with E-state index in [1.165, 1.54) is 21.8 Å². The van der Waals surface area contributed by atoms with Gasteiger partial charge in [0, 0.05) is 28.7 Å². The molecule has 6 nitrogen and oxygen atoms in total. The summed E-state index contributed by atoms with van der Waals surface area (Å²) in [6.45, 7) is 18.7. The molecule has 1 saturated heterocycles. The molecule has 0 spiro atoms. The van der Waals surface area contributed by atoms with Crippen molar-refractivity contribution in [3.05, 3.63) is 28.8 Å². The van der Waals surface area contributed by atoms with Crippen molar-refractivity contribution >= 4 is 0 Å². The van der Waals surface area contributed by atoms with Crippen molar-refractivity contribution in [3.63, 3.8) is 0 Å². The maximum atomic E-state index is 10.9. The van der Waals surface area contributed by atoms with Crippen LogP contribution in [-0.4, -0.2) is 63.7 Å². The van der Waals surface area contributed by atoms with Crippen LogP contribution in [0, 0.1) is 5.92 Å². The average Bonchev–Trinajstić information content (AvgIpc) is 2.98. The lowest BCUT2D eigenvalue weighted by molar-refractivity contribution is -0.196. The number of ether oxygens (including phenoxy) is 1. The largest absolute Gasteiger partial charge is 0.487 e. The van der Waals surface area contributed by atoms with Crippen LogP contribution in [0.25, 0.3) is 0 Å². The van der Waals surface area contributed by atoms with Gasteiger partial charge in [-0.3, -0.25) is 4.90 Å². The number of hydrogen-bond acceptors (Lipinski definition) is 6. The van der Waals surface area contributed by atoms with E-state index in [9.17, 15) is 10.3 Å². The predicted molar refractivity (Wildman–Crippen MR) is 132 cm³/mol. The van der Waals surface area contributed by atoms with Crippen molar-refractivity contribution in [2.75, 3.05) is 20.1 Å². The minimum absolute atomic E-state index is 0.0130. The third-order valence-corrected chi connectivity index (χ3v) is 9.21. The Morgan fingerprint density at radius 3 is 2.24 bits per heavy atom. The number of aliphatic hydroxyl groups excluding tert-OH is 1. The summed E-state index contributed by atoms with van der Waals surface area (Å²) in [6.07, 6.45) is 1.88. The number of nitrogens with zero attached hydrogens (tertiary/aromatic N) is 2. The Kier molecular flexibility index (Phi) is 5.98. The van der Waals surface area contributed by atoms with Crippen LogP contribution in [0.3, 0.4) is 0 Å². The number of fused-ring (bicyclic) bond motifs is 2. The van der Waals surface area contributed by atoms with E-state index in [4.69, 9.17) is 4.74 Å². The normalized spacial score (nSPS) is 30.5. The monoisotopic (exact) mass is 459 g/mol. The van der Waals surface area contributed by atoms with Crippen molar-refractivity contribution in [2.45, 2.75) is 109 Å². The number of nitrogens with one attached hydrogen (secondary N) is 1. The Bertz CT molecular complexity index is 908. The quantitative estimate of drug-likeness (QED) is 0.618. The highest BCUT2D eigenvalue weighted by molar-refractivity contribution is 5.52. The predicted octanol–water partition coefficient (Wildman–Crippen LogP) is 4.01. The molecule has 3 aliphatic heterocycles. The minimum Gasteiger partial charge on any atom is -0.487 e. The maximum Gasteiger partial charge on any atom is 0.126 e. The smallest absolute Gasteiger partial charge is 0.126 e. The molecular weight excluding hydrogens is 414 g/mol. The third-order valence-electron chi connectivity index (χ3n) is 9.21. The van der Waals surface area contributed by atoms with Crippen molar-refractivity contribution in [2.24, 2.45) is 5.92 Å². The molecule has 186 valence electrons. The first-order valence-electron chi connectivity index (χ1n) is 12.6. The zero-order chi connectivity index (χ0) is 24.6. The van der Waals surface area contributed by atoms with Crippen LogP contribution < -0.4 is 10.1 Å². The summed E-state index contributed by atoms with van der Waals surface area (Å²) < 4.78 is 6.37. The van der Waals surface area contributed by atoms with Gasteiger partial charge in [-0.15, -0.1) is 0 Å². The molecule has 0 saturated carbocycles. The van der Waals surface area contributed by atoms with E-state index in [0.29, 0.717) is 12.5 Å². The zero-order valence-electron chi connectivity index (χ0n) is 22.1. The molecule has 3 N–H and O–H groups in total. The van der Waals surface area contributed by atoms with Gasteiger partial charge in [0.25, 0.3) is 0 Å². The molecule has 0 aromatic heterocycles. The van der Waals surface area contributed by atoms with E-state index in [2.05, 4.69) is 84.8 Å². The first-order valence-corrected chi connectivity index (χ1v) is 12.6. The first kappa shape index (κ1) is 24.9. The Morgan fingerprint density at radius 1 is 1.06 bits per heavy atom. The van der Waals surface area contributed by atoms with Crippen LogP contribution >= 0.6 is 0 Å². The van der Waals surface area contributed by atoms with Crippen LogP contribution in [0.5, 0.6) is 5.75 Å². The number of aryl methyl sites for hydroxylation is 1. The molecule has 3 atom stereocenters. The molecule has 6 heteroatoms. The van der Waals surface area contributed by atoms with Crippen molar-refractivity contribution in [1.82, 2.24) is 15.3 Å². The van der Waals surface area contributed by atoms with Gasteiger partial charge in [0.15, 0.2) is 0 Å². The summed E-state index contributed by atoms with van der Waals surface area (Å²) >= 11 is 0. The molecule has 3 aliphatic rings. The summed E-state index contributed by atoms with van der Waals surface area (Å²) in [5, 5.41) is 26.4. The molecule has 0 bridgehead atoms. The number of aliphatic hydroxyl groups is 1. The number of benzene rings is 1. The second kappa shape index (κ2) is 7.92. The molecule has 1 aromatic carbocycles. The summed E-state index contributed by atoms with van der Waals surface area (Å²) in [7, 11) is 2.20.